The van der Waals surface area contributed by atoms with Crippen LogP contribution < -0.4 is 4.74 Å². The van der Waals surface area contributed by atoms with Crippen molar-refractivity contribution in [3.63, 3.8) is 0 Å². The molecule has 59 heavy (non-hydrogen) atoms. The van der Waals surface area contributed by atoms with Crippen molar-refractivity contribution in [1.29, 1.82) is 0 Å². The molecule has 10 aromatic rings. The molecule has 2 atom stereocenters. The van der Waals surface area contributed by atoms with Gasteiger partial charge in [-0.1, -0.05) is 121 Å². The van der Waals surface area contributed by atoms with Gasteiger partial charge in [0.25, 0.3) is 0 Å². The molecule has 1 aliphatic heterocycles. The van der Waals surface area contributed by atoms with Gasteiger partial charge in [0.05, 0.1) is 17.0 Å². The smallest absolute Gasteiger partial charge is 0.135 e. The quantitative estimate of drug-likeness (QED) is 0.179. The van der Waals surface area contributed by atoms with Crippen molar-refractivity contribution in [3.05, 3.63) is 216 Å². The summed E-state index contributed by atoms with van der Waals surface area (Å²) in [5.74, 6) is 1.20. The zero-order valence-electron chi connectivity index (χ0n) is 32.4. The van der Waals surface area contributed by atoms with Crippen LogP contribution in [0.4, 0.5) is 0 Å². The van der Waals surface area contributed by atoms with Gasteiger partial charge in [-0.15, -0.1) is 0 Å². The SMILES string of the molecule is CC12C=CC(n3c4ccccc4c4ccccc43)=CC1c1cc(-c3cccc(-c4ccc5oc6ccc(C7c8ccccc8-c8ccccc87)cc6c5c4)c3)ccc1O2. The van der Waals surface area contributed by atoms with Crippen molar-refractivity contribution in [1.82, 2.24) is 4.57 Å². The minimum Gasteiger partial charge on any atom is -0.482 e. The molecule has 0 fully saturated rings. The van der Waals surface area contributed by atoms with Crippen LogP contribution in [-0.4, -0.2) is 10.2 Å². The Kier molecular flexibility index (Phi) is 6.69. The van der Waals surface area contributed by atoms with Gasteiger partial charge in [-0.2, -0.15) is 0 Å². The van der Waals surface area contributed by atoms with E-state index in [1.54, 1.807) is 0 Å². The zero-order chi connectivity index (χ0) is 38.8. The molecule has 13 rings (SSSR count). The molecule has 2 aromatic heterocycles. The first-order valence-electron chi connectivity index (χ1n) is 20.6. The summed E-state index contributed by atoms with van der Waals surface area (Å²) >= 11 is 0. The first kappa shape index (κ1) is 32.7. The third-order valence-electron chi connectivity index (χ3n) is 13.2. The highest BCUT2D eigenvalue weighted by Gasteiger charge is 2.44. The number of para-hydroxylation sites is 2. The second kappa shape index (κ2) is 12.1. The number of allylic oxidation sites excluding steroid dienone is 2. The summed E-state index contributed by atoms with van der Waals surface area (Å²) in [5.41, 5.74) is 17.5. The molecule has 0 bridgehead atoms. The van der Waals surface area contributed by atoms with Crippen molar-refractivity contribution in [2.45, 2.75) is 24.4 Å². The molecule has 0 saturated heterocycles. The molecule has 2 aliphatic carbocycles. The molecule has 0 radical (unpaired) electrons. The van der Waals surface area contributed by atoms with E-state index in [0.29, 0.717) is 0 Å². The fourth-order valence-corrected chi connectivity index (χ4v) is 10.4. The first-order chi connectivity index (χ1) is 29.1. The van der Waals surface area contributed by atoms with Gasteiger partial charge < -0.3 is 13.7 Å². The third-order valence-corrected chi connectivity index (χ3v) is 13.2. The standard InChI is InChI=1S/C56H37NO2/c1-56-28-27-39(57-50-19-8-6-15-42(50)43-16-7-9-20-51(43)57)33-49(56)48-31-37(22-26-54(48)59-56)35-12-10-11-34(29-35)36-21-24-52-46(30-36)47-32-38(23-25-53(47)58-52)55-44-17-4-2-13-40(44)41-14-3-5-18-45(41)55/h2-33,49,55H,1H3. The lowest BCUT2D eigenvalue weighted by Crippen LogP contribution is -2.33. The summed E-state index contributed by atoms with van der Waals surface area (Å²) < 4.78 is 15.6. The fourth-order valence-electron chi connectivity index (χ4n) is 10.4. The topological polar surface area (TPSA) is 27.3 Å². The lowest BCUT2D eigenvalue weighted by molar-refractivity contribution is 0.155. The van der Waals surface area contributed by atoms with Crippen molar-refractivity contribution in [3.8, 4) is 39.1 Å². The Morgan fingerprint density at radius 2 is 1.08 bits per heavy atom. The largest absolute Gasteiger partial charge is 0.482 e. The number of nitrogens with zero attached hydrogens (tertiary/aromatic N) is 1. The molecule has 0 saturated carbocycles. The zero-order valence-corrected chi connectivity index (χ0v) is 32.4. The van der Waals surface area contributed by atoms with Gasteiger partial charge in [0.15, 0.2) is 0 Å². The summed E-state index contributed by atoms with van der Waals surface area (Å²) in [6, 6.07) is 64.1. The molecule has 3 heterocycles. The van der Waals surface area contributed by atoms with Crippen LogP contribution in [0.5, 0.6) is 5.75 Å². The highest BCUT2D eigenvalue weighted by Crippen LogP contribution is 2.52. The van der Waals surface area contributed by atoms with Gasteiger partial charge in [0.1, 0.15) is 22.5 Å². The Labute approximate surface area is 341 Å². The highest BCUT2D eigenvalue weighted by molar-refractivity contribution is 6.10. The van der Waals surface area contributed by atoms with Crippen LogP contribution in [0, 0.1) is 0 Å². The summed E-state index contributed by atoms with van der Waals surface area (Å²) in [5, 5.41) is 4.81. The van der Waals surface area contributed by atoms with Crippen molar-refractivity contribution in [2.75, 3.05) is 0 Å². The Bertz CT molecular complexity index is 3370. The molecule has 278 valence electrons. The molecular weight excluding hydrogens is 719 g/mol. The van der Waals surface area contributed by atoms with E-state index in [1.807, 2.05) is 0 Å². The Hall–Kier alpha value is -7.36. The van der Waals surface area contributed by atoms with Gasteiger partial charge in [-0.05, 0) is 130 Å². The number of rotatable bonds is 4. The van der Waals surface area contributed by atoms with E-state index < -0.39 is 5.60 Å². The van der Waals surface area contributed by atoms with Gasteiger partial charge in [0, 0.05) is 38.7 Å². The van der Waals surface area contributed by atoms with Gasteiger partial charge >= 0.3 is 0 Å². The maximum absolute atomic E-state index is 6.72. The van der Waals surface area contributed by atoms with E-state index in [1.165, 1.54) is 77.6 Å². The summed E-state index contributed by atoms with van der Waals surface area (Å²) in [6.45, 7) is 2.21. The number of fused-ring (bicyclic) bond motifs is 12. The average Bonchev–Trinajstić information content (AvgIpc) is 4.01. The number of hydrogen-bond donors (Lipinski definition) is 0. The van der Waals surface area contributed by atoms with E-state index in [0.717, 1.165) is 33.3 Å². The molecular formula is C56H37NO2. The van der Waals surface area contributed by atoms with Gasteiger partial charge in [-0.25, -0.2) is 0 Å². The Morgan fingerprint density at radius 3 is 1.81 bits per heavy atom. The van der Waals surface area contributed by atoms with E-state index >= 15 is 0 Å². The summed E-state index contributed by atoms with van der Waals surface area (Å²) in [7, 11) is 0. The average molecular weight is 756 g/mol. The van der Waals surface area contributed by atoms with Crippen LogP contribution in [0.15, 0.2) is 199 Å². The van der Waals surface area contributed by atoms with E-state index in [-0.39, 0.29) is 11.8 Å². The molecule has 0 amide bonds. The normalized spacial score (nSPS) is 17.9. The van der Waals surface area contributed by atoms with Crippen molar-refractivity contribution >= 4 is 49.4 Å². The molecule has 2 unspecified atom stereocenters. The molecule has 3 aliphatic rings. The summed E-state index contributed by atoms with van der Waals surface area (Å²) in [4.78, 5) is 0. The predicted molar refractivity (Wildman–Crippen MR) is 242 cm³/mol. The molecule has 0 N–H and O–H groups in total. The van der Waals surface area contributed by atoms with E-state index in [4.69, 9.17) is 9.15 Å². The second-order valence-corrected chi connectivity index (χ2v) is 16.6. The second-order valence-electron chi connectivity index (χ2n) is 16.6. The number of furan rings is 1. The highest BCUT2D eigenvalue weighted by atomic mass is 16.5. The first-order valence-corrected chi connectivity index (χ1v) is 20.6. The maximum Gasteiger partial charge on any atom is 0.135 e. The fraction of sp³-hybridized carbons (Fsp3) is 0.0714. The van der Waals surface area contributed by atoms with E-state index in [9.17, 15) is 0 Å². The van der Waals surface area contributed by atoms with Gasteiger partial charge in [0.2, 0.25) is 0 Å². The maximum atomic E-state index is 6.72. The number of hydrogen-bond acceptors (Lipinski definition) is 2. The van der Waals surface area contributed by atoms with Crippen molar-refractivity contribution in [2.24, 2.45) is 0 Å². The number of benzene rings is 8. The monoisotopic (exact) mass is 755 g/mol. The van der Waals surface area contributed by atoms with Crippen LogP contribution in [0.25, 0.3) is 82.8 Å². The van der Waals surface area contributed by atoms with Crippen LogP contribution in [0.1, 0.15) is 41.0 Å². The minimum absolute atomic E-state index is 0.0634. The van der Waals surface area contributed by atoms with Crippen LogP contribution >= 0.6 is 0 Å². The lowest BCUT2D eigenvalue weighted by atomic mass is 9.81. The Morgan fingerprint density at radius 1 is 0.492 bits per heavy atom. The van der Waals surface area contributed by atoms with Crippen LogP contribution in [-0.2, 0) is 0 Å². The minimum atomic E-state index is -0.460. The number of aromatic nitrogens is 1. The Balaban J connectivity index is 0.871. The van der Waals surface area contributed by atoms with Crippen LogP contribution in [0.3, 0.4) is 0 Å². The summed E-state index contributed by atoms with van der Waals surface area (Å²) in [6.07, 6.45) is 6.89. The third kappa shape index (κ3) is 4.76. The molecule has 0 spiro atoms. The molecule has 3 nitrogen and oxygen atoms in total. The molecule has 8 aromatic carbocycles. The van der Waals surface area contributed by atoms with Gasteiger partial charge in [-0.3, -0.25) is 0 Å². The van der Waals surface area contributed by atoms with Crippen LogP contribution in [0.2, 0.25) is 0 Å². The number of ether oxygens (including phenoxy) is 1. The predicted octanol–water partition coefficient (Wildman–Crippen LogP) is 14.5. The van der Waals surface area contributed by atoms with E-state index in [2.05, 4.69) is 206 Å². The van der Waals surface area contributed by atoms with Crippen molar-refractivity contribution < 1.29 is 9.15 Å². The molecule has 3 heteroatoms. The lowest BCUT2D eigenvalue weighted by Gasteiger charge is -2.30.